The lowest BCUT2D eigenvalue weighted by Gasteiger charge is -1.96. The van der Waals surface area contributed by atoms with E-state index in [9.17, 15) is 0 Å². The molecular formula is C12H14O3S4. The monoisotopic (exact) mass is 334 g/mol. The SMILES string of the molecule is C1OC1CSOSCC1CO1.c1ccc2ssc2c1. The number of ether oxygens (including phenoxy) is 2. The smallest absolute Gasteiger partial charge is 0.0922 e. The van der Waals surface area contributed by atoms with Gasteiger partial charge in [0.05, 0.1) is 34.8 Å². The quantitative estimate of drug-likeness (QED) is 0.344. The van der Waals surface area contributed by atoms with E-state index in [0.29, 0.717) is 12.2 Å². The van der Waals surface area contributed by atoms with Gasteiger partial charge in [0.2, 0.25) is 0 Å². The first kappa shape index (κ1) is 14.2. The van der Waals surface area contributed by atoms with Crippen molar-refractivity contribution >= 4 is 54.2 Å². The van der Waals surface area contributed by atoms with Gasteiger partial charge in [-0.15, -0.1) is 0 Å². The molecular weight excluding hydrogens is 320 g/mol. The van der Waals surface area contributed by atoms with E-state index in [0.717, 1.165) is 24.7 Å². The van der Waals surface area contributed by atoms with Gasteiger partial charge in [-0.1, -0.05) is 32.8 Å². The summed E-state index contributed by atoms with van der Waals surface area (Å²) in [5.74, 6) is 1.91. The number of rotatable bonds is 6. The summed E-state index contributed by atoms with van der Waals surface area (Å²) in [6.45, 7) is 1.82. The third-order valence-electron chi connectivity index (χ3n) is 2.48. The Hall–Kier alpha value is 0.240. The Bertz CT molecular complexity index is 446. The Balaban J connectivity index is 0.000000122. The van der Waals surface area contributed by atoms with Gasteiger partial charge in [0.15, 0.2) is 0 Å². The van der Waals surface area contributed by atoms with Gasteiger partial charge < -0.3 is 9.47 Å². The van der Waals surface area contributed by atoms with Crippen LogP contribution in [0.5, 0.6) is 0 Å². The maximum atomic E-state index is 5.21. The molecule has 2 fully saturated rings. The van der Waals surface area contributed by atoms with E-state index >= 15 is 0 Å². The third-order valence-corrected chi connectivity index (χ3v) is 6.88. The molecule has 2 atom stereocenters. The predicted octanol–water partition coefficient (Wildman–Crippen LogP) is 4.06. The molecule has 2 aliphatic rings. The highest BCUT2D eigenvalue weighted by Gasteiger charge is 2.24. The molecule has 104 valence electrons. The second kappa shape index (κ2) is 7.31. The van der Waals surface area contributed by atoms with Crippen LogP contribution in [0.2, 0.25) is 0 Å². The molecule has 0 bridgehead atoms. The molecule has 3 heterocycles. The zero-order valence-electron chi connectivity index (χ0n) is 10.2. The standard InChI is InChI=1S/C6H10O3S2.C6H4S2/c1-5(7-1)3-10-9-11-4-6-2-8-6;1-2-4-6-5(3-1)7-8-6/h5-6H,1-4H2;1-4H. The summed E-state index contributed by atoms with van der Waals surface area (Å²) in [5.41, 5.74) is 0. The van der Waals surface area contributed by atoms with Crippen molar-refractivity contribution in [1.82, 2.24) is 0 Å². The van der Waals surface area contributed by atoms with E-state index in [1.165, 1.54) is 33.5 Å². The van der Waals surface area contributed by atoms with E-state index < -0.39 is 0 Å². The molecule has 3 nitrogen and oxygen atoms in total. The first-order valence-electron chi connectivity index (χ1n) is 5.99. The molecule has 0 aliphatic carbocycles. The van der Waals surface area contributed by atoms with Crippen LogP contribution < -0.4 is 0 Å². The average Bonchev–Trinajstić information content (AvgIpc) is 3.25. The Kier molecular flexibility index (Phi) is 5.46. The Morgan fingerprint density at radius 1 is 1.00 bits per heavy atom. The van der Waals surface area contributed by atoms with E-state index in [1.807, 2.05) is 20.7 Å². The zero-order chi connectivity index (χ0) is 12.9. The van der Waals surface area contributed by atoms with E-state index in [4.69, 9.17) is 13.1 Å². The van der Waals surface area contributed by atoms with E-state index in [1.54, 1.807) is 0 Å². The third kappa shape index (κ3) is 5.26. The van der Waals surface area contributed by atoms with Crippen molar-refractivity contribution in [2.75, 3.05) is 24.7 Å². The van der Waals surface area contributed by atoms with Crippen LogP contribution in [-0.4, -0.2) is 36.9 Å². The minimum atomic E-state index is 0.456. The van der Waals surface area contributed by atoms with E-state index in [2.05, 4.69) is 24.3 Å². The van der Waals surface area contributed by atoms with Crippen molar-refractivity contribution < 1.29 is 13.1 Å². The van der Waals surface area contributed by atoms with Gasteiger partial charge in [0.25, 0.3) is 0 Å². The molecule has 0 radical (unpaired) electrons. The molecule has 7 heteroatoms. The normalized spacial score (nSPS) is 24.0. The van der Waals surface area contributed by atoms with Crippen LogP contribution in [0, 0.1) is 0 Å². The van der Waals surface area contributed by atoms with Crippen molar-refractivity contribution in [3.8, 4) is 0 Å². The van der Waals surface area contributed by atoms with Crippen molar-refractivity contribution in [3.63, 3.8) is 0 Å². The Morgan fingerprint density at radius 3 is 1.79 bits per heavy atom. The second-order valence-corrected chi connectivity index (χ2v) is 8.06. The van der Waals surface area contributed by atoms with Crippen molar-refractivity contribution in [2.45, 2.75) is 12.2 Å². The topological polar surface area (TPSA) is 34.3 Å². The van der Waals surface area contributed by atoms with Crippen LogP contribution in [0.15, 0.2) is 24.3 Å². The number of hydrogen-bond donors (Lipinski definition) is 0. The van der Waals surface area contributed by atoms with Crippen LogP contribution in [0.1, 0.15) is 0 Å². The highest BCUT2D eigenvalue weighted by molar-refractivity contribution is 8.07. The van der Waals surface area contributed by atoms with Gasteiger partial charge in [-0.2, -0.15) is 0 Å². The molecule has 4 rings (SSSR count). The molecule has 1 aromatic heterocycles. The highest BCUT2D eigenvalue weighted by atomic mass is 32.9. The van der Waals surface area contributed by atoms with E-state index in [-0.39, 0.29) is 0 Å². The molecule has 1 aromatic carbocycles. The van der Waals surface area contributed by atoms with Crippen molar-refractivity contribution in [3.05, 3.63) is 24.3 Å². The lowest BCUT2D eigenvalue weighted by Crippen LogP contribution is -1.91. The first-order valence-corrected chi connectivity index (χ1v) is 9.97. The largest absolute Gasteiger partial charge is 0.372 e. The number of benzene rings is 1. The number of hydrogen-bond acceptors (Lipinski definition) is 7. The average molecular weight is 335 g/mol. The number of fused-ring (bicyclic) bond motifs is 1. The van der Waals surface area contributed by atoms with Crippen molar-refractivity contribution in [1.29, 1.82) is 0 Å². The Morgan fingerprint density at radius 2 is 1.47 bits per heavy atom. The molecule has 2 unspecified atom stereocenters. The minimum absolute atomic E-state index is 0.456. The second-order valence-electron chi connectivity index (χ2n) is 4.16. The van der Waals surface area contributed by atoms with Crippen LogP contribution in [-0.2, 0) is 13.1 Å². The van der Waals surface area contributed by atoms with Crippen LogP contribution in [0.3, 0.4) is 0 Å². The van der Waals surface area contributed by atoms with Gasteiger partial charge in [-0.05, 0) is 12.1 Å². The number of epoxide rings is 2. The summed E-state index contributed by atoms with van der Waals surface area (Å²) >= 11 is 2.95. The lowest BCUT2D eigenvalue weighted by molar-refractivity contribution is 0.424. The molecule has 0 N–H and O–H groups in total. The predicted molar refractivity (Wildman–Crippen MR) is 85.2 cm³/mol. The summed E-state index contributed by atoms with van der Waals surface area (Å²) in [6, 6.07) is 8.45. The molecule has 19 heavy (non-hydrogen) atoms. The molecule has 0 amide bonds. The van der Waals surface area contributed by atoms with Gasteiger partial charge >= 0.3 is 0 Å². The molecule has 2 saturated heterocycles. The fourth-order valence-electron chi connectivity index (χ4n) is 1.21. The minimum Gasteiger partial charge on any atom is -0.372 e. The Labute approximate surface area is 128 Å². The van der Waals surface area contributed by atoms with Crippen LogP contribution in [0.4, 0.5) is 0 Å². The summed E-state index contributed by atoms with van der Waals surface area (Å²) < 4.78 is 18.1. The van der Waals surface area contributed by atoms with Crippen molar-refractivity contribution in [2.24, 2.45) is 0 Å². The summed E-state index contributed by atoms with van der Waals surface area (Å²) in [6.07, 6.45) is 0.913. The van der Waals surface area contributed by atoms with Gasteiger partial charge in [0, 0.05) is 35.6 Å². The lowest BCUT2D eigenvalue weighted by atomic mass is 10.4. The van der Waals surface area contributed by atoms with Gasteiger partial charge in [-0.25, -0.2) is 3.63 Å². The molecule has 2 aliphatic heterocycles. The summed E-state index contributed by atoms with van der Waals surface area (Å²) in [5, 5.41) is 0. The van der Waals surface area contributed by atoms with Gasteiger partial charge in [-0.3, -0.25) is 0 Å². The first-order chi connectivity index (χ1) is 9.42. The fraction of sp³-hybridized carbons (Fsp3) is 0.500. The molecule has 2 aromatic rings. The van der Waals surface area contributed by atoms with Crippen LogP contribution >= 0.6 is 44.8 Å². The zero-order valence-corrected chi connectivity index (χ0v) is 13.4. The molecule has 0 spiro atoms. The summed E-state index contributed by atoms with van der Waals surface area (Å²) in [7, 11) is 3.70. The fourth-order valence-corrected chi connectivity index (χ4v) is 4.46. The van der Waals surface area contributed by atoms with Gasteiger partial charge in [0.1, 0.15) is 0 Å². The maximum absolute atomic E-state index is 5.21. The van der Waals surface area contributed by atoms with Crippen LogP contribution in [0.25, 0.3) is 9.40 Å². The summed E-state index contributed by atoms with van der Waals surface area (Å²) in [4.78, 5) is 0. The maximum Gasteiger partial charge on any atom is 0.0922 e. The highest BCUT2D eigenvalue weighted by Crippen LogP contribution is 2.30. The molecule has 0 saturated carbocycles.